The number of fused-ring (bicyclic) bond motifs is 1. The summed E-state index contributed by atoms with van der Waals surface area (Å²) in [5.74, 6) is -0.415. The first kappa shape index (κ1) is 21.2. The molecule has 2 aromatic carbocycles. The molecule has 0 radical (unpaired) electrons. The number of carbonyl (C=O) groups is 1. The first-order valence-electron chi connectivity index (χ1n) is 9.39. The van der Waals surface area contributed by atoms with Crippen LogP contribution in [0.1, 0.15) is 26.3 Å². The van der Waals surface area contributed by atoms with Crippen molar-refractivity contribution < 1.29 is 9.21 Å². The van der Waals surface area contributed by atoms with E-state index in [0.717, 1.165) is 29.6 Å². The van der Waals surface area contributed by atoms with Gasteiger partial charge in [-0.15, -0.1) is 0 Å². The Bertz CT molecular complexity index is 1050. The molecule has 29 heavy (non-hydrogen) atoms. The highest BCUT2D eigenvalue weighted by atomic mass is 32.2. The van der Waals surface area contributed by atoms with Gasteiger partial charge in [-0.1, -0.05) is 51.1 Å². The third-order valence-corrected chi connectivity index (χ3v) is 5.12. The van der Waals surface area contributed by atoms with Crippen LogP contribution in [-0.2, 0) is 18.3 Å². The van der Waals surface area contributed by atoms with Gasteiger partial charge in [0.1, 0.15) is 0 Å². The number of aryl methyl sites for hydroxylation is 1. The molecule has 1 heterocycles. The minimum Gasteiger partial charge on any atom is -0.408 e. The van der Waals surface area contributed by atoms with Gasteiger partial charge in [-0.25, -0.2) is 9.52 Å². The third-order valence-electron chi connectivity index (χ3n) is 4.56. The summed E-state index contributed by atoms with van der Waals surface area (Å²) in [4.78, 5) is 26.2. The Balaban J connectivity index is 1.50. The van der Waals surface area contributed by atoms with Crippen molar-refractivity contribution >= 4 is 29.1 Å². The number of rotatable bonds is 7. The number of amides is 1. The number of hydrazine groups is 1. The van der Waals surface area contributed by atoms with E-state index in [4.69, 9.17) is 4.42 Å². The number of aromatic nitrogens is 1. The summed E-state index contributed by atoms with van der Waals surface area (Å²) in [5, 5.41) is 0. The highest BCUT2D eigenvalue weighted by Gasteiger charge is 2.20. The maximum Gasteiger partial charge on any atom is 0.419 e. The van der Waals surface area contributed by atoms with Gasteiger partial charge in [0.2, 0.25) is 5.91 Å². The fourth-order valence-electron chi connectivity index (χ4n) is 2.71. The van der Waals surface area contributed by atoms with Crippen LogP contribution < -0.4 is 20.7 Å². The molecule has 0 bridgehead atoms. The zero-order valence-corrected chi connectivity index (χ0v) is 17.9. The molecule has 0 unspecified atom stereocenters. The number of oxazole rings is 1. The van der Waals surface area contributed by atoms with E-state index in [1.165, 1.54) is 22.3 Å². The molecule has 0 saturated carbocycles. The second kappa shape index (κ2) is 8.86. The van der Waals surface area contributed by atoms with Crippen molar-refractivity contribution in [1.29, 1.82) is 0 Å². The van der Waals surface area contributed by atoms with Crippen LogP contribution in [0.25, 0.3) is 22.2 Å². The average molecular weight is 415 g/mol. The van der Waals surface area contributed by atoms with Crippen molar-refractivity contribution in [3.8, 4) is 11.1 Å². The molecule has 7 nitrogen and oxygen atoms in total. The second-order valence-corrected chi connectivity index (χ2v) is 8.56. The molecule has 0 aliphatic carbocycles. The molecule has 0 aliphatic heterocycles. The van der Waals surface area contributed by atoms with Crippen LogP contribution in [0.4, 0.5) is 0 Å². The topological polar surface area (TPSA) is 88.3 Å². The van der Waals surface area contributed by atoms with Crippen LogP contribution in [0.15, 0.2) is 51.7 Å². The van der Waals surface area contributed by atoms with E-state index < -0.39 is 5.41 Å². The lowest BCUT2D eigenvalue weighted by molar-refractivity contribution is -0.128. The summed E-state index contributed by atoms with van der Waals surface area (Å²) in [6, 6.07) is 14.1. The summed E-state index contributed by atoms with van der Waals surface area (Å²) < 4.78 is 9.85. The van der Waals surface area contributed by atoms with E-state index in [9.17, 15) is 9.59 Å². The molecule has 0 spiro atoms. The number of nitrogens with one attached hydrogen (secondary N) is 3. The van der Waals surface area contributed by atoms with Crippen molar-refractivity contribution in [3.63, 3.8) is 0 Å². The molecule has 0 saturated heterocycles. The van der Waals surface area contributed by atoms with E-state index in [0.29, 0.717) is 5.58 Å². The van der Waals surface area contributed by atoms with E-state index in [1.807, 2.05) is 39.0 Å². The molecule has 3 aromatic rings. The number of benzene rings is 2. The molecule has 0 atom stereocenters. The van der Waals surface area contributed by atoms with Crippen LogP contribution in [0.5, 0.6) is 0 Å². The van der Waals surface area contributed by atoms with Gasteiger partial charge in [0, 0.05) is 31.1 Å². The van der Waals surface area contributed by atoms with E-state index >= 15 is 0 Å². The first-order chi connectivity index (χ1) is 13.8. The monoisotopic (exact) mass is 414 g/mol. The van der Waals surface area contributed by atoms with Gasteiger partial charge in [-0.2, -0.15) is 4.83 Å². The molecule has 1 aromatic heterocycles. The second-order valence-electron chi connectivity index (χ2n) is 7.86. The maximum absolute atomic E-state index is 11.7. The van der Waals surface area contributed by atoms with Gasteiger partial charge in [0.15, 0.2) is 5.58 Å². The quantitative estimate of drug-likeness (QED) is 0.313. The summed E-state index contributed by atoms with van der Waals surface area (Å²) in [6.07, 6.45) is 0.859. The predicted octanol–water partition coefficient (Wildman–Crippen LogP) is 3.16. The van der Waals surface area contributed by atoms with Gasteiger partial charge in [0.05, 0.1) is 5.52 Å². The minimum atomic E-state index is -0.424. The van der Waals surface area contributed by atoms with E-state index in [1.54, 1.807) is 7.05 Å². The molecular formula is C21H26N4O3S. The van der Waals surface area contributed by atoms with E-state index in [-0.39, 0.29) is 11.7 Å². The fraction of sp³-hybridized carbons (Fsp3) is 0.333. The Morgan fingerprint density at radius 1 is 1.10 bits per heavy atom. The Labute approximate surface area is 174 Å². The Kier molecular flexibility index (Phi) is 6.46. The Hall–Kier alpha value is -2.55. The minimum absolute atomic E-state index is 0.0592. The zero-order chi connectivity index (χ0) is 21.0. The summed E-state index contributed by atoms with van der Waals surface area (Å²) >= 11 is 1.25. The fourth-order valence-corrected chi connectivity index (χ4v) is 3.13. The lowest BCUT2D eigenvalue weighted by atomic mass is 9.96. The van der Waals surface area contributed by atoms with Gasteiger partial charge in [0.25, 0.3) is 0 Å². The predicted molar refractivity (Wildman–Crippen MR) is 117 cm³/mol. The lowest BCUT2D eigenvalue weighted by Gasteiger charge is -2.17. The molecular weight excluding hydrogens is 388 g/mol. The van der Waals surface area contributed by atoms with Crippen molar-refractivity contribution in [3.05, 3.63) is 58.6 Å². The number of hydrogen-bond donors (Lipinski definition) is 3. The summed E-state index contributed by atoms with van der Waals surface area (Å²) in [6.45, 7) is 6.34. The van der Waals surface area contributed by atoms with Crippen molar-refractivity contribution in [2.24, 2.45) is 12.5 Å². The van der Waals surface area contributed by atoms with Crippen LogP contribution in [0, 0.1) is 5.41 Å². The number of hydrogen-bond acceptors (Lipinski definition) is 6. The van der Waals surface area contributed by atoms with Crippen molar-refractivity contribution in [2.45, 2.75) is 27.2 Å². The highest BCUT2D eigenvalue weighted by Crippen LogP contribution is 2.24. The number of carbonyl (C=O) groups excluding carboxylic acids is 1. The smallest absolute Gasteiger partial charge is 0.408 e. The van der Waals surface area contributed by atoms with Gasteiger partial charge >= 0.3 is 5.76 Å². The standard InChI is InChI=1S/C21H26N4O3S/c1-21(2,3)19(26)23-24-29-22-12-11-14-5-7-15(8-6-14)16-9-10-18-17(13-16)25(4)20(27)28-18/h5-10,13,22,24H,11-12H2,1-4H3,(H,23,26). The van der Waals surface area contributed by atoms with Crippen molar-refractivity contribution in [1.82, 2.24) is 19.5 Å². The largest absolute Gasteiger partial charge is 0.419 e. The normalized spacial score (nSPS) is 11.7. The lowest BCUT2D eigenvalue weighted by Crippen LogP contribution is -2.41. The zero-order valence-electron chi connectivity index (χ0n) is 17.0. The Morgan fingerprint density at radius 2 is 1.79 bits per heavy atom. The molecule has 3 N–H and O–H groups in total. The van der Waals surface area contributed by atoms with Gasteiger partial charge in [-0.05, 0) is 35.2 Å². The molecule has 0 fully saturated rings. The average Bonchev–Trinajstić information content (AvgIpc) is 2.97. The SMILES string of the molecule is Cn1c(=O)oc2ccc(-c3ccc(CCNSNNC(=O)C(C)(C)C)cc3)cc21. The molecule has 0 aliphatic rings. The molecule has 8 heteroatoms. The van der Waals surface area contributed by atoms with Gasteiger partial charge < -0.3 is 4.42 Å². The van der Waals surface area contributed by atoms with Crippen LogP contribution in [0.3, 0.4) is 0 Å². The summed E-state index contributed by atoms with van der Waals surface area (Å²) in [5.41, 5.74) is 6.92. The molecule has 154 valence electrons. The Morgan fingerprint density at radius 3 is 2.48 bits per heavy atom. The first-order valence-corrected chi connectivity index (χ1v) is 10.2. The highest BCUT2D eigenvalue weighted by molar-refractivity contribution is 7.95. The maximum atomic E-state index is 11.7. The summed E-state index contributed by atoms with van der Waals surface area (Å²) in [7, 11) is 1.70. The number of nitrogens with zero attached hydrogens (tertiary/aromatic N) is 1. The van der Waals surface area contributed by atoms with Crippen molar-refractivity contribution in [2.75, 3.05) is 6.54 Å². The van der Waals surface area contributed by atoms with Crippen LogP contribution in [0.2, 0.25) is 0 Å². The van der Waals surface area contributed by atoms with E-state index in [2.05, 4.69) is 39.2 Å². The van der Waals surface area contributed by atoms with Crippen LogP contribution >= 0.6 is 12.1 Å². The van der Waals surface area contributed by atoms with Gasteiger partial charge in [-0.3, -0.25) is 14.8 Å². The van der Waals surface area contributed by atoms with Crippen LogP contribution in [-0.4, -0.2) is 17.0 Å². The molecule has 1 amide bonds. The molecule has 3 rings (SSSR count). The third kappa shape index (κ3) is 5.29.